The lowest BCUT2D eigenvalue weighted by Gasteiger charge is -2.12. The van der Waals surface area contributed by atoms with Gasteiger partial charge in [-0.2, -0.15) is 18.3 Å². The molecule has 2 N–H and O–H groups in total. The zero-order chi connectivity index (χ0) is 15.6. The van der Waals surface area contributed by atoms with E-state index in [9.17, 15) is 18.0 Å². The van der Waals surface area contributed by atoms with Gasteiger partial charge in [-0.05, 0) is 19.1 Å². The van der Waals surface area contributed by atoms with Crippen molar-refractivity contribution in [3.63, 3.8) is 0 Å². The number of nitrogens with two attached hydrogens (primary N) is 1. The van der Waals surface area contributed by atoms with Crippen molar-refractivity contribution < 1.29 is 22.7 Å². The first-order valence-electron chi connectivity index (χ1n) is 6.03. The predicted molar refractivity (Wildman–Crippen MR) is 68.9 cm³/mol. The van der Waals surface area contributed by atoms with Gasteiger partial charge in [0.1, 0.15) is 0 Å². The maximum absolute atomic E-state index is 13.0. The van der Waals surface area contributed by atoms with E-state index in [1.54, 1.807) is 6.92 Å². The summed E-state index contributed by atoms with van der Waals surface area (Å²) in [6.45, 7) is 1.72. The average Bonchev–Trinajstić information content (AvgIpc) is 2.80. The third kappa shape index (κ3) is 2.99. The average molecular weight is 299 g/mol. The van der Waals surface area contributed by atoms with Crippen LogP contribution in [0.5, 0.6) is 0 Å². The number of benzene rings is 1. The number of nitrogens with zero attached hydrogens (tertiary/aromatic N) is 2. The van der Waals surface area contributed by atoms with Crippen LogP contribution in [0.2, 0.25) is 0 Å². The molecule has 0 saturated heterocycles. The van der Waals surface area contributed by atoms with Crippen LogP contribution in [0.15, 0.2) is 30.5 Å². The smallest absolute Gasteiger partial charge is 0.418 e. The third-order valence-corrected chi connectivity index (χ3v) is 2.67. The minimum absolute atomic E-state index is 0.0505. The van der Waals surface area contributed by atoms with E-state index in [-0.39, 0.29) is 23.7 Å². The number of carbonyl (C=O) groups is 1. The van der Waals surface area contributed by atoms with Gasteiger partial charge in [0.25, 0.3) is 0 Å². The molecule has 0 saturated carbocycles. The minimum Gasteiger partial charge on any atom is -0.461 e. The van der Waals surface area contributed by atoms with Crippen LogP contribution in [0, 0.1) is 0 Å². The number of para-hydroxylation sites is 1. The molecule has 0 spiro atoms. The summed E-state index contributed by atoms with van der Waals surface area (Å²) in [4.78, 5) is 11.6. The quantitative estimate of drug-likeness (QED) is 0.885. The summed E-state index contributed by atoms with van der Waals surface area (Å²) >= 11 is 0. The molecular formula is C13H12F3N3O2. The van der Waals surface area contributed by atoms with E-state index < -0.39 is 17.7 Å². The Labute approximate surface area is 118 Å². The van der Waals surface area contributed by atoms with Crippen LogP contribution < -0.4 is 5.73 Å². The number of nitrogen functional groups attached to an aromatic ring is 1. The van der Waals surface area contributed by atoms with Gasteiger partial charge in [-0.25, -0.2) is 9.48 Å². The van der Waals surface area contributed by atoms with Gasteiger partial charge in [-0.3, -0.25) is 0 Å². The molecule has 0 aliphatic carbocycles. The SMILES string of the molecule is CCOC(=O)c1nn(-c2ccccc2C(F)(F)F)cc1N. The molecule has 0 aliphatic rings. The van der Waals surface area contributed by atoms with Crippen LogP contribution in [-0.4, -0.2) is 22.4 Å². The Morgan fingerprint density at radius 1 is 1.38 bits per heavy atom. The topological polar surface area (TPSA) is 70.1 Å². The molecule has 21 heavy (non-hydrogen) atoms. The number of hydrogen-bond acceptors (Lipinski definition) is 4. The standard InChI is InChI=1S/C13H12F3N3O2/c1-2-21-12(20)11-9(17)7-19(18-11)10-6-4-3-5-8(10)13(14,15)16/h3-7H,2,17H2,1H3. The zero-order valence-electron chi connectivity index (χ0n) is 11.0. The lowest BCUT2D eigenvalue weighted by atomic mass is 10.2. The first-order chi connectivity index (χ1) is 9.84. The van der Waals surface area contributed by atoms with E-state index in [2.05, 4.69) is 5.10 Å². The second-order valence-corrected chi connectivity index (χ2v) is 4.11. The van der Waals surface area contributed by atoms with Crippen LogP contribution in [0.25, 0.3) is 5.69 Å². The lowest BCUT2D eigenvalue weighted by molar-refractivity contribution is -0.137. The van der Waals surface area contributed by atoms with Gasteiger partial charge in [0.2, 0.25) is 0 Å². The molecule has 0 fully saturated rings. The second-order valence-electron chi connectivity index (χ2n) is 4.11. The van der Waals surface area contributed by atoms with E-state index >= 15 is 0 Å². The number of ether oxygens (including phenoxy) is 1. The van der Waals surface area contributed by atoms with E-state index in [4.69, 9.17) is 10.5 Å². The Kier molecular flexibility index (Phi) is 3.88. The molecule has 0 bridgehead atoms. The second kappa shape index (κ2) is 5.47. The summed E-state index contributed by atoms with van der Waals surface area (Å²) in [5.74, 6) is -0.779. The highest BCUT2D eigenvalue weighted by molar-refractivity contribution is 5.92. The van der Waals surface area contributed by atoms with E-state index in [1.165, 1.54) is 18.2 Å². The van der Waals surface area contributed by atoms with Gasteiger partial charge in [0.15, 0.2) is 5.69 Å². The minimum atomic E-state index is -4.54. The number of halogens is 3. The fourth-order valence-electron chi connectivity index (χ4n) is 1.78. The summed E-state index contributed by atoms with van der Waals surface area (Å²) in [6, 6.07) is 4.87. The fraction of sp³-hybridized carbons (Fsp3) is 0.231. The Balaban J connectivity index is 2.50. The highest BCUT2D eigenvalue weighted by Crippen LogP contribution is 2.33. The van der Waals surface area contributed by atoms with E-state index in [0.29, 0.717) is 0 Å². The molecule has 0 atom stereocenters. The third-order valence-electron chi connectivity index (χ3n) is 2.67. The van der Waals surface area contributed by atoms with Crippen molar-refractivity contribution in [3.05, 3.63) is 41.7 Å². The Hall–Kier alpha value is -2.51. The lowest BCUT2D eigenvalue weighted by Crippen LogP contribution is -2.12. The number of rotatable bonds is 3. The summed E-state index contributed by atoms with van der Waals surface area (Å²) < 4.78 is 44.5. The van der Waals surface area contributed by atoms with Gasteiger partial charge in [0.05, 0.1) is 29.7 Å². The van der Waals surface area contributed by atoms with Gasteiger partial charge >= 0.3 is 12.1 Å². The van der Waals surface area contributed by atoms with E-state index in [1.807, 2.05) is 0 Å². The molecule has 0 aliphatic heterocycles. The van der Waals surface area contributed by atoms with Crippen molar-refractivity contribution >= 4 is 11.7 Å². The summed E-state index contributed by atoms with van der Waals surface area (Å²) in [6.07, 6.45) is -3.39. The molecular weight excluding hydrogens is 287 g/mol. The van der Waals surface area contributed by atoms with Crippen LogP contribution in [0.4, 0.5) is 18.9 Å². The first kappa shape index (κ1) is 14.9. The zero-order valence-corrected chi connectivity index (χ0v) is 11.0. The molecule has 1 heterocycles. The van der Waals surface area contributed by atoms with Crippen LogP contribution in [0.1, 0.15) is 23.0 Å². The van der Waals surface area contributed by atoms with Crippen molar-refractivity contribution in [2.24, 2.45) is 0 Å². The van der Waals surface area contributed by atoms with Gasteiger partial charge in [-0.1, -0.05) is 12.1 Å². The monoisotopic (exact) mass is 299 g/mol. The number of aromatic nitrogens is 2. The fourth-order valence-corrected chi connectivity index (χ4v) is 1.78. The van der Waals surface area contributed by atoms with Gasteiger partial charge in [0, 0.05) is 0 Å². The molecule has 2 aromatic rings. The molecule has 112 valence electrons. The Morgan fingerprint density at radius 2 is 2.05 bits per heavy atom. The van der Waals surface area contributed by atoms with Crippen molar-refractivity contribution in [3.8, 4) is 5.69 Å². The number of carbonyl (C=O) groups excluding carboxylic acids is 1. The molecule has 5 nitrogen and oxygen atoms in total. The van der Waals surface area contributed by atoms with Gasteiger partial charge in [-0.15, -0.1) is 0 Å². The van der Waals surface area contributed by atoms with Gasteiger partial charge < -0.3 is 10.5 Å². The predicted octanol–water partition coefficient (Wildman–Crippen LogP) is 2.65. The van der Waals surface area contributed by atoms with Crippen LogP contribution >= 0.6 is 0 Å². The van der Waals surface area contributed by atoms with Crippen LogP contribution in [0.3, 0.4) is 0 Å². The molecule has 8 heteroatoms. The number of alkyl halides is 3. The van der Waals surface area contributed by atoms with Crippen molar-refractivity contribution in [1.29, 1.82) is 0 Å². The van der Waals surface area contributed by atoms with Crippen molar-refractivity contribution in [2.75, 3.05) is 12.3 Å². The first-order valence-corrected chi connectivity index (χ1v) is 6.03. The number of anilines is 1. The maximum Gasteiger partial charge on any atom is 0.418 e. The Bertz CT molecular complexity index is 665. The largest absolute Gasteiger partial charge is 0.461 e. The molecule has 0 unspecified atom stereocenters. The molecule has 0 amide bonds. The molecule has 2 rings (SSSR count). The van der Waals surface area contributed by atoms with Crippen molar-refractivity contribution in [2.45, 2.75) is 13.1 Å². The number of hydrogen-bond donors (Lipinski definition) is 1. The summed E-state index contributed by atoms with van der Waals surface area (Å²) in [5, 5.41) is 3.79. The van der Waals surface area contributed by atoms with Crippen molar-refractivity contribution in [1.82, 2.24) is 9.78 Å². The highest BCUT2D eigenvalue weighted by Gasteiger charge is 2.34. The highest BCUT2D eigenvalue weighted by atomic mass is 19.4. The molecule has 0 radical (unpaired) electrons. The Morgan fingerprint density at radius 3 is 2.67 bits per heavy atom. The molecule has 1 aromatic heterocycles. The summed E-state index contributed by atoms with van der Waals surface area (Å²) in [7, 11) is 0. The normalized spacial score (nSPS) is 11.4. The molecule has 1 aromatic carbocycles. The number of esters is 1. The maximum atomic E-state index is 13.0. The van der Waals surface area contributed by atoms with E-state index in [0.717, 1.165) is 16.9 Å². The van der Waals surface area contributed by atoms with Crippen LogP contribution in [-0.2, 0) is 10.9 Å². The summed E-state index contributed by atoms with van der Waals surface area (Å²) in [5.41, 5.74) is 4.25.